The Balaban J connectivity index is 4.34. The average molecular weight is 187 g/mol. The Morgan fingerprint density at radius 3 is 2.00 bits per heavy atom. The molecule has 0 radical (unpaired) electrons. The van der Waals surface area contributed by atoms with Crippen molar-refractivity contribution in [3.63, 3.8) is 0 Å². The number of nitrogens with one attached hydrogen (secondary N) is 1. The van der Waals surface area contributed by atoms with Crippen LogP contribution in [0.4, 0.5) is 0 Å². The quantitative estimate of drug-likeness (QED) is 0.713. The van der Waals surface area contributed by atoms with Gasteiger partial charge >= 0.3 is 0 Å². The molecular formula is C11H25NO. The Bertz CT molecular complexity index is 140. The van der Waals surface area contributed by atoms with E-state index in [1.807, 2.05) is 0 Å². The molecule has 0 bridgehead atoms. The van der Waals surface area contributed by atoms with E-state index >= 15 is 0 Å². The molecule has 0 spiro atoms. The summed E-state index contributed by atoms with van der Waals surface area (Å²) < 4.78 is 5.29. The van der Waals surface area contributed by atoms with Gasteiger partial charge in [-0.2, -0.15) is 0 Å². The fourth-order valence-electron chi connectivity index (χ4n) is 1.25. The highest BCUT2D eigenvalue weighted by molar-refractivity contribution is 4.88. The topological polar surface area (TPSA) is 21.3 Å². The first-order chi connectivity index (χ1) is 5.87. The van der Waals surface area contributed by atoms with Gasteiger partial charge in [-0.1, -0.05) is 34.6 Å². The molecule has 1 N–H and O–H groups in total. The summed E-state index contributed by atoms with van der Waals surface area (Å²) in [5, 5.41) is 3.40. The van der Waals surface area contributed by atoms with Gasteiger partial charge in [-0.3, -0.25) is 0 Å². The fourth-order valence-corrected chi connectivity index (χ4v) is 1.25. The summed E-state index contributed by atoms with van der Waals surface area (Å²) in [7, 11) is 1.77. The summed E-state index contributed by atoms with van der Waals surface area (Å²) in [5.74, 6) is 0. The van der Waals surface area contributed by atoms with Crippen molar-refractivity contribution in [2.24, 2.45) is 10.8 Å². The van der Waals surface area contributed by atoms with Crippen molar-refractivity contribution in [2.75, 3.05) is 26.8 Å². The van der Waals surface area contributed by atoms with Crippen LogP contribution < -0.4 is 5.32 Å². The van der Waals surface area contributed by atoms with Crippen LogP contribution in [-0.2, 0) is 4.74 Å². The molecule has 0 saturated heterocycles. The van der Waals surface area contributed by atoms with Crippen molar-refractivity contribution >= 4 is 0 Å². The van der Waals surface area contributed by atoms with Gasteiger partial charge in [-0.05, 0) is 12.0 Å². The molecule has 0 aromatic carbocycles. The smallest absolute Gasteiger partial charge is 0.0533 e. The summed E-state index contributed by atoms with van der Waals surface area (Å²) in [5.41, 5.74) is 0.475. The van der Waals surface area contributed by atoms with E-state index in [2.05, 4.69) is 39.9 Å². The van der Waals surface area contributed by atoms with E-state index in [0.29, 0.717) is 0 Å². The zero-order valence-electron chi connectivity index (χ0n) is 10.0. The molecule has 0 rings (SSSR count). The van der Waals surface area contributed by atoms with Gasteiger partial charge in [0.15, 0.2) is 0 Å². The second-order valence-electron chi connectivity index (χ2n) is 5.02. The maximum absolute atomic E-state index is 5.29. The minimum Gasteiger partial charge on any atom is -0.384 e. The maximum atomic E-state index is 5.29. The normalized spacial score (nSPS) is 17.1. The fraction of sp³-hybridized carbons (Fsp3) is 1.00. The number of hydrogen-bond acceptors (Lipinski definition) is 2. The molecule has 0 aliphatic heterocycles. The molecule has 0 amide bonds. The van der Waals surface area contributed by atoms with Gasteiger partial charge < -0.3 is 10.1 Å². The molecule has 0 aromatic heterocycles. The van der Waals surface area contributed by atoms with E-state index in [-0.39, 0.29) is 10.8 Å². The highest BCUT2D eigenvalue weighted by atomic mass is 16.5. The Labute approximate surface area is 83.1 Å². The van der Waals surface area contributed by atoms with E-state index in [0.717, 1.165) is 19.7 Å². The van der Waals surface area contributed by atoms with Crippen LogP contribution in [0.5, 0.6) is 0 Å². The lowest BCUT2D eigenvalue weighted by atomic mass is 9.68. The van der Waals surface area contributed by atoms with Gasteiger partial charge in [0.1, 0.15) is 0 Å². The minimum atomic E-state index is 0.206. The third kappa shape index (κ3) is 3.65. The van der Waals surface area contributed by atoms with Crippen molar-refractivity contribution in [1.29, 1.82) is 0 Å². The summed E-state index contributed by atoms with van der Waals surface area (Å²) in [6.07, 6.45) is 0. The molecule has 1 atom stereocenters. The summed E-state index contributed by atoms with van der Waals surface area (Å²) in [6, 6.07) is 0. The first-order valence-corrected chi connectivity index (χ1v) is 5.07. The largest absolute Gasteiger partial charge is 0.384 e. The highest BCUT2D eigenvalue weighted by Crippen LogP contribution is 2.37. The molecule has 2 heteroatoms. The lowest BCUT2D eigenvalue weighted by Crippen LogP contribution is -2.45. The molecule has 0 aliphatic carbocycles. The van der Waals surface area contributed by atoms with Crippen molar-refractivity contribution in [2.45, 2.75) is 34.6 Å². The van der Waals surface area contributed by atoms with Gasteiger partial charge in [-0.25, -0.2) is 0 Å². The van der Waals surface area contributed by atoms with E-state index in [1.54, 1.807) is 7.11 Å². The van der Waals surface area contributed by atoms with Gasteiger partial charge in [0.25, 0.3) is 0 Å². The predicted octanol–water partition coefficient (Wildman–Crippen LogP) is 2.29. The Kier molecular flexibility index (Phi) is 4.93. The minimum absolute atomic E-state index is 0.206. The summed E-state index contributed by atoms with van der Waals surface area (Å²) >= 11 is 0. The van der Waals surface area contributed by atoms with Gasteiger partial charge in [0.05, 0.1) is 6.61 Å². The van der Waals surface area contributed by atoms with Crippen molar-refractivity contribution in [3.8, 4) is 0 Å². The van der Waals surface area contributed by atoms with Crippen LogP contribution in [0.2, 0.25) is 0 Å². The molecule has 13 heavy (non-hydrogen) atoms. The van der Waals surface area contributed by atoms with Crippen LogP contribution in [0, 0.1) is 10.8 Å². The van der Waals surface area contributed by atoms with Crippen LogP contribution in [0.15, 0.2) is 0 Å². The van der Waals surface area contributed by atoms with Gasteiger partial charge in [0.2, 0.25) is 0 Å². The zero-order valence-corrected chi connectivity index (χ0v) is 10.0. The monoisotopic (exact) mass is 187 g/mol. The van der Waals surface area contributed by atoms with Crippen LogP contribution in [-0.4, -0.2) is 26.8 Å². The van der Waals surface area contributed by atoms with E-state index in [9.17, 15) is 0 Å². The van der Waals surface area contributed by atoms with Crippen molar-refractivity contribution in [1.82, 2.24) is 5.32 Å². The van der Waals surface area contributed by atoms with Crippen LogP contribution in [0.25, 0.3) is 0 Å². The Hall–Kier alpha value is -0.0800. The van der Waals surface area contributed by atoms with Crippen molar-refractivity contribution in [3.05, 3.63) is 0 Å². The lowest BCUT2D eigenvalue weighted by molar-refractivity contribution is 0.00923. The first kappa shape index (κ1) is 12.9. The van der Waals surface area contributed by atoms with E-state index in [4.69, 9.17) is 4.74 Å². The molecular weight excluding hydrogens is 162 g/mol. The standard InChI is InChI=1S/C11H25NO/c1-7-12-8-11(5,9-13-6)10(2,3)4/h12H,7-9H2,1-6H3. The Morgan fingerprint density at radius 2 is 1.69 bits per heavy atom. The van der Waals surface area contributed by atoms with Crippen LogP contribution in [0.3, 0.4) is 0 Å². The predicted molar refractivity (Wildman–Crippen MR) is 58.0 cm³/mol. The molecule has 0 fully saturated rings. The van der Waals surface area contributed by atoms with E-state index in [1.165, 1.54) is 0 Å². The highest BCUT2D eigenvalue weighted by Gasteiger charge is 2.36. The number of hydrogen-bond donors (Lipinski definition) is 1. The average Bonchev–Trinajstić information content (AvgIpc) is 1.99. The summed E-state index contributed by atoms with van der Waals surface area (Å²) in [6.45, 7) is 14.1. The van der Waals surface area contributed by atoms with Crippen LogP contribution in [0.1, 0.15) is 34.6 Å². The molecule has 2 nitrogen and oxygen atoms in total. The zero-order chi connectivity index (χ0) is 10.5. The molecule has 0 heterocycles. The molecule has 0 saturated carbocycles. The Morgan fingerprint density at radius 1 is 1.15 bits per heavy atom. The first-order valence-electron chi connectivity index (χ1n) is 5.07. The molecule has 0 aliphatic rings. The number of methoxy groups -OCH3 is 1. The SMILES string of the molecule is CCNCC(C)(COC)C(C)(C)C. The van der Waals surface area contributed by atoms with E-state index < -0.39 is 0 Å². The van der Waals surface area contributed by atoms with Crippen molar-refractivity contribution < 1.29 is 4.74 Å². The molecule has 1 unspecified atom stereocenters. The second-order valence-corrected chi connectivity index (χ2v) is 5.02. The second kappa shape index (κ2) is 4.97. The molecule has 80 valence electrons. The third-order valence-corrected chi connectivity index (χ3v) is 3.04. The molecule has 0 aromatic rings. The lowest BCUT2D eigenvalue weighted by Gasteiger charge is -2.41. The summed E-state index contributed by atoms with van der Waals surface area (Å²) in [4.78, 5) is 0. The van der Waals surface area contributed by atoms with Gasteiger partial charge in [0, 0.05) is 19.1 Å². The van der Waals surface area contributed by atoms with Crippen LogP contribution >= 0.6 is 0 Å². The number of rotatable bonds is 5. The third-order valence-electron chi connectivity index (χ3n) is 3.04. The maximum Gasteiger partial charge on any atom is 0.0533 e. The number of ether oxygens (including phenoxy) is 1. The van der Waals surface area contributed by atoms with Gasteiger partial charge in [-0.15, -0.1) is 0 Å².